The summed E-state index contributed by atoms with van der Waals surface area (Å²) in [6.07, 6.45) is 1.08. The predicted octanol–water partition coefficient (Wildman–Crippen LogP) is -1.25. The second-order valence-electron chi connectivity index (χ2n) is 3.70. The molecule has 3 nitrogen and oxygen atoms in total. The minimum absolute atomic E-state index is 0.364. The van der Waals surface area contributed by atoms with Crippen molar-refractivity contribution in [1.29, 1.82) is 0 Å². The van der Waals surface area contributed by atoms with Crippen LogP contribution in [0, 0.1) is 5.92 Å². The van der Waals surface area contributed by atoms with Crippen LogP contribution < -0.4 is 25.9 Å². The molecule has 1 saturated heterocycles. The monoisotopic (exact) mass is 353 g/mol. The van der Waals surface area contributed by atoms with E-state index in [0.29, 0.717) is 38.5 Å². The molecule has 16 heavy (non-hydrogen) atoms. The zero-order chi connectivity index (χ0) is 11.4. The van der Waals surface area contributed by atoms with Crippen LogP contribution in [0.15, 0.2) is 29.2 Å². The van der Waals surface area contributed by atoms with Gasteiger partial charge in [0, 0.05) is 0 Å². The molecule has 1 aliphatic rings. The topological polar surface area (TPSA) is 46.5 Å². The van der Waals surface area contributed by atoms with E-state index >= 15 is 0 Å². The molecular weight excluding hydrogens is 339 g/mol. The summed E-state index contributed by atoms with van der Waals surface area (Å²) < 4.78 is 28.5. The Kier molecular flexibility index (Phi) is 4.60. The zero-order valence-electron chi connectivity index (χ0n) is 8.77. The van der Waals surface area contributed by atoms with Gasteiger partial charge < -0.3 is 0 Å². The standard InChI is InChI=1S/C11H14IO3S/c13-16(14)11-4-2-1-3-10(11)15-6-5-9-7-12-8-9/h1-4,9H,5-8H2,(H,13,14)/q-1. The van der Waals surface area contributed by atoms with Crippen LogP contribution in [0.25, 0.3) is 0 Å². The fourth-order valence-corrected chi connectivity index (χ4v) is 4.35. The molecule has 1 aliphatic heterocycles. The molecule has 90 valence electrons. The number of ether oxygens (including phenoxy) is 1. The molecule has 0 spiro atoms. The molecule has 5 heteroatoms. The maximum atomic E-state index is 11.0. The van der Waals surface area contributed by atoms with Gasteiger partial charge in [-0.3, -0.25) is 0 Å². The maximum absolute atomic E-state index is 11.0. The molecule has 1 N–H and O–H groups in total. The third-order valence-electron chi connectivity index (χ3n) is 2.48. The first-order valence-electron chi connectivity index (χ1n) is 5.13. The Labute approximate surface area is 108 Å². The van der Waals surface area contributed by atoms with Gasteiger partial charge in [0.25, 0.3) is 0 Å². The average Bonchev–Trinajstić information content (AvgIpc) is 2.22. The van der Waals surface area contributed by atoms with Gasteiger partial charge in [-0.2, -0.15) is 0 Å². The number of hydrogen-bond donors (Lipinski definition) is 1. The van der Waals surface area contributed by atoms with Crippen molar-refractivity contribution in [3.05, 3.63) is 24.3 Å². The summed E-state index contributed by atoms with van der Waals surface area (Å²) in [5.74, 6) is 1.39. The summed E-state index contributed by atoms with van der Waals surface area (Å²) in [5, 5.41) is 0. The number of alkyl halides is 2. The van der Waals surface area contributed by atoms with E-state index in [1.54, 1.807) is 18.2 Å². The number of hydrogen-bond acceptors (Lipinski definition) is 2. The molecule has 0 aromatic heterocycles. The van der Waals surface area contributed by atoms with Crippen LogP contribution in [0.4, 0.5) is 0 Å². The summed E-state index contributed by atoms with van der Waals surface area (Å²) >= 11 is -1.45. The molecule has 0 aliphatic carbocycles. The molecule has 0 saturated carbocycles. The van der Waals surface area contributed by atoms with E-state index in [0.717, 1.165) is 12.3 Å². The van der Waals surface area contributed by atoms with Gasteiger partial charge in [0.1, 0.15) is 0 Å². The third kappa shape index (κ3) is 3.18. The summed E-state index contributed by atoms with van der Waals surface area (Å²) in [7, 11) is 0. The summed E-state index contributed by atoms with van der Waals surface area (Å²) in [5.41, 5.74) is 0. The Morgan fingerprint density at radius 2 is 2.19 bits per heavy atom. The molecule has 1 fully saturated rings. The Morgan fingerprint density at radius 3 is 2.81 bits per heavy atom. The van der Waals surface area contributed by atoms with Gasteiger partial charge >= 0.3 is 108 Å². The van der Waals surface area contributed by atoms with Gasteiger partial charge in [0.15, 0.2) is 0 Å². The normalized spacial score (nSPS) is 18.3. The molecule has 1 unspecified atom stereocenters. The van der Waals surface area contributed by atoms with Crippen molar-refractivity contribution in [3.63, 3.8) is 0 Å². The SMILES string of the molecule is O=S(O)c1ccccc1OCCC1C[I-]C1. The molecule has 0 radical (unpaired) electrons. The Bertz CT molecular complexity index is 379. The number of halogens is 1. The first-order chi connectivity index (χ1) is 7.77. The van der Waals surface area contributed by atoms with E-state index in [-0.39, 0.29) is 0 Å². The van der Waals surface area contributed by atoms with Crippen LogP contribution in [0.5, 0.6) is 5.75 Å². The van der Waals surface area contributed by atoms with Crippen LogP contribution >= 0.6 is 0 Å². The number of para-hydroxylation sites is 1. The Hall–Kier alpha value is -0.140. The van der Waals surface area contributed by atoms with Crippen molar-refractivity contribution < 1.29 is 34.7 Å². The zero-order valence-corrected chi connectivity index (χ0v) is 11.7. The molecule has 1 atom stereocenters. The van der Waals surface area contributed by atoms with Crippen molar-refractivity contribution in [1.82, 2.24) is 0 Å². The van der Waals surface area contributed by atoms with E-state index in [9.17, 15) is 4.21 Å². The van der Waals surface area contributed by atoms with E-state index in [1.807, 2.05) is 6.07 Å². The molecular formula is C11H14IO3S-. The van der Waals surface area contributed by atoms with Crippen LogP contribution in [0.1, 0.15) is 6.42 Å². The van der Waals surface area contributed by atoms with E-state index in [4.69, 9.17) is 9.29 Å². The predicted molar refractivity (Wildman–Crippen MR) is 58.8 cm³/mol. The van der Waals surface area contributed by atoms with E-state index in [1.165, 1.54) is 8.86 Å². The molecule has 2 rings (SSSR count). The molecule has 1 aromatic rings. The quantitative estimate of drug-likeness (QED) is 0.409. The first-order valence-corrected chi connectivity index (χ1v) is 9.29. The first kappa shape index (κ1) is 12.3. The molecule has 1 heterocycles. The van der Waals surface area contributed by atoms with Gasteiger partial charge in [-0.25, -0.2) is 0 Å². The van der Waals surface area contributed by atoms with Crippen LogP contribution in [0.3, 0.4) is 0 Å². The fourth-order valence-electron chi connectivity index (χ4n) is 1.47. The minimum atomic E-state index is -1.96. The van der Waals surface area contributed by atoms with Crippen molar-refractivity contribution in [2.45, 2.75) is 11.3 Å². The van der Waals surface area contributed by atoms with Gasteiger partial charge in [-0.1, -0.05) is 0 Å². The summed E-state index contributed by atoms with van der Waals surface area (Å²) in [6, 6.07) is 6.94. The molecule has 1 aromatic carbocycles. The van der Waals surface area contributed by atoms with E-state index < -0.39 is 11.1 Å². The van der Waals surface area contributed by atoms with Crippen molar-refractivity contribution >= 4 is 11.1 Å². The van der Waals surface area contributed by atoms with Gasteiger partial charge in [-0.05, 0) is 0 Å². The van der Waals surface area contributed by atoms with Crippen molar-refractivity contribution in [2.75, 3.05) is 15.5 Å². The number of rotatable bonds is 5. The van der Waals surface area contributed by atoms with Crippen molar-refractivity contribution in [3.8, 4) is 5.75 Å². The van der Waals surface area contributed by atoms with Gasteiger partial charge in [0.05, 0.1) is 0 Å². The van der Waals surface area contributed by atoms with Crippen LogP contribution in [-0.2, 0) is 11.1 Å². The summed E-state index contributed by atoms with van der Waals surface area (Å²) in [4.78, 5) is 0.364. The Morgan fingerprint density at radius 1 is 1.44 bits per heavy atom. The van der Waals surface area contributed by atoms with Gasteiger partial charge in [0.2, 0.25) is 0 Å². The average molecular weight is 353 g/mol. The van der Waals surface area contributed by atoms with Crippen LogP contribution in [0.2, 0.25) is 0 Å². The van der Waals surface area contributed by atoms with Gasteiger partial charge in [-0.15, -0.1) is 0 Å². The van der Waals surface area contributed by atoms with Crippen LogP contribution in [-0.4, -0.2) is 24.2 Å². The molecule has 0 bridgehead atoms. The van der Waals surface area contributed by atoms with Crippen molar-refractivity contribution in [2.24, 2.45) is 5.92 Å². The molecule has 0 amide bonds. The summed E-state index contributed by atoms with van der Waals surface area (Å²) in [6.45, 7) is 0.655. The van der Waals surface area contributed by atoms with E-state index in [2.05, 4.69) is 0 Å². The fraction of sp³-hybridized carbons (Fsp3) is 0.455. The second kappa shape index (κ2) is 5.97. The number of benzene rings is 1. The Balaban J connectivity index is 1.89. The second-order valence-corrected chi connectivity index (χ2v) is 7.48. The third-order valence-corrected chi connectivity index (χ3v) is 6.93.